The Morgan fingerprint density at radius 2 is 1.97 bits per heavy atom. The number of nitrogens with zero attached hydrogens (tertiary/aromatic N) is 2. The Balaban J connectivity index is 1.46. The minimum Gasteiger partial charge on any atom is -0.507 e. The highest BCUT2D eigenvalue weighted by Gasteiger charge is 2.27. The second-order valence-corrected chi connectivity index (χ2v) is 7.50. The van der Waals surface area contributed by atoms with E-state index in [1.54, 1.807) is 24.3 Å². The van der Waals surface area contributed by atoms with Gasteiger partial charge in [0.05, 0.1) is 30.1 Å². The molecule has 152 valence electrons. The number of non-ortho nitro benzene ring substituents is 1. The van der Waals surface area contributed by atoms with Crippen LogP contribution in [-0.4, -0.2) is 35.2 Å². The molecule has 3 N–H and O–H groups in total. The van der Waals surface area contributed by atoms with Crippen molar-refractivity contribution in [3.05, 3.63) is 68.7 Å². The van der Waals surface area contributed by atoms with Gasteiger partial charge >= 0.3 is 0 Å². The first-order chi connectivity index (χ1) is 13.9. The average molecular weight is 418 g/mol. The highest BCUT2D eigenvalue weighted by Crippen LogP contribution is 2.19. The summed E-state index contributed by atoms with van der Waals surface area (Å²) < 4.78 is 0. The number of piperidine rings is 1. The topological polar surface area (TPSA) is 109 Å². The molecule has 0 saturated carbocycles. The summed E-state index contributed by atoms with van der Waals surface area (Å²) in [4.78, 5) is 24.0. The lowest BCUT2D eigenvalue weighted by molar-refractivity contribution is -0.919. The van der Waals surface area contributed by atoms with Crippen LogP contribution in [-0.2, 0) is 11.3 Å². The fraction of sp³-hybridized carbons (Fsp3) is 0.300. The van der Waals surface area contributed by atoms with Crippen LogP contribution < -0.4 is 10.3 Å². The van der Waals surface area contributed by atoms with Crippen molar-refractivity contribution in [2.45, 2.75) is 19.4 Å². The highest BCUT2D eigenvalue weighted by molar-refractivity contribution is 6.30. The molecule has 1 aliphatic heterocycles. The quantitative estimate of drug-likeness (QED) is 0.379. The molecule has 1 fully saturated rings. The molecule has 8 nitrogen and oxygen atoms in total. The number of halogens is 1. The number of hydrogen-bond acceptors (Lipinski definition) is 5. The van der Waals surface area contributed by atoms with E-state index in [0.717, 1.165) is 38.0 Å². The van der Waals surface area contributed by atoms with Gasteiger partial charge in [0.15, 0.2) is 0 Å². The van der Waals surface area contributed by atoms with Crippen LogP contribution in [0.25, 0.3) is 0 Å². The van der Waals surface area contributed by atoms with Crippen molar-refractivity contribution in [3.63, 3.8) is 0 Å². The lowest BCUT2D eigenvalue weighted by Crippen LogP contribution is -3.11. The highest BCUT2D eigenvalue weighted by atomic mass is 35.5. The van der Waals surface area contributed by atoms with E-state index in [1.807, 2.05) is 0 Å². The van der Waals surface area contributed by atoms with Gasteiger partial charge in [-0.15, -0.1) is 0 Å². The third kappa shape index (κ3) is 5.75. The predicted octanol–water partition coefficient (Wildman–Crippen LogP) is 1.90. The minimum absolute atomic E-state index is 0.0375. The summed E-state index contributed by atoms with van der Waals surface area (Å²) in [6, 6.07) is 11.2. The average Bonchev–Trinajstić information content (AvgIpc) is 2.71. The van der Waals surface area contributed by atoms with E-state index in [1.165, 1.54) is 29.3 Å². The molecule has 2 aromatic rings. The smallest absolute Gasteiger partial charge is 0.269 e. The van der Waals surface area contributed by atoms with Gasteiger partial charge in [0.2, 0.25) is 5.91 Å². The maximum absolute atomic E-state index is 12.3. The normalized spacial score (nSPS) is 19.2. The Bertz CT molecular complexity index is 909. The molecular formula is C20H22ClN4O4+. The molecule has 0 aromatic heterocycles. The van der Waals surface area contributed by atoms with Crippen LogP contribution in [0.1, 0.15) is 24.0 Å². The minimum atomic E-state index is -0.406. The summed E-state index contributed by atoms with van der Waals surface area (Å²) in [5, 5.41) is 24.9. The first-order valence-electron chi connectivity index (χ1n) is 9.30. The predicted molar refractivity (Wildman–Crippen MR) is 109 cm³/mol. The van der Waals surface area contributed by atoms with Gasteiger partial charge < -0.3 is 10.0 Å². The second-order valence-electron chi connectivity index (χ2n) is 7.06. The molecule has 0 bridgehead atoms. The summed E-state index contributed by atoms with van der Waals surface area (Å²) in [6.07, 6.45) is 2.85. The molecule has 1 aliphatic rings. The monoisotopic (exact) mass is 417 g/mol. The van der Waals surface area contributed by atoms with E-state index >= 15 is 0 Å². The number of rotatable bonds is 6. The molecule has 1 amide bonds. The Morgan fingerprint density at radius 3 is 2.62 bits per heavy atom. The molecule has 1 saturated heterocycles. The van der Waals surface area contributed by atoms with Crippen molar-refractivity contribution in [3.8, 4) is 5.75 Å². The standard InChI is InChI=1S/C20H21ClN4O4/c21-17-3-6-19(26)16(11-17)12-22-23-20(27)15-7-9-24(10-8-15)13-14-1-4-18(5-2-14)25(28)29/h1-6,11-12,15,26H,7-10,13H2,(H,23,27)/p+1/b22-12+. The van der Waals surface area contributed by atoms with Crippen molar-refractivity contribution in [2.75, 3.05) is 13.1 Å². The number of phenols is 1. The van der Waals surface area contributed by atoms with Gasteiger partial charge in [0, 0.05) is 41.1 Å². The Labute approximate surface area is 172 Å². The number of likely N-dealkylation sites (tertiary alicyclic amines) is 1. The number of nitrogens with one attached hydrogen (secondary N) is 2. The number of aromatic hydroxyl groups is 1. The molecule has 0 atom stereocenters. The summed E-state index contributed by atoms with van der Waals surface area (Å²) in [5.74, 6) is -0.214. The number of benzene rings is 2. The van der Waals surface area contributed by atoms with Crippen LogP contribution in [0.2, 0.25) is 5.02 Å². The molecule has 0 aliphatic carbocycles. The Morgan fingerprint density at radius 1 is 1.28 bits per heavy atom. The number of hydrazone groups is 1. The number of hydrogen-bond donors (Lipinski definition) is 3. The summed E-state index contributed by atoms with van der Waals surface area (Å²) in [5.41, 5.74) is 4.09. The zero-order valence-corrected chi connectivity index (χ0v) is 16.4. The van der Waals surface area contributed by atoms with E-state index in [9.17, 15) is 20.0 Å². The van der Waals surface area contributed by atoms with Crippen LogP contribution in [0, 0.1) is 16.0 Å². The number of phenolic OH excluding ortho intramolecular Hbond substituents is 1. The van der Waals surface area contributed by atoms with E-state index in [2.05, 4.69) is 10.5 Å². The fourth-order valence-electron chi connectivity index (χ4n) is 3.37. The molecule has 29 heavy (non-hydrogen) atoms. The van der Waals surface area contributed by atoms with Gasteiger partial charge in [-0.1, -0.05) is 11.6 Å². The first-order valence-corrected chi connectivity index (χ1v) is 9.68. The van der Waals surface area contributed by atoms with Gasteiger partial charge in [-0.25, -0.2) is 5.43 Å². The second kappa shape index (κ2) is 9.49. The summed E-state index contributed by atoms with van der Waals surface area (Å²) in [6.45, 7) is 2.46. The van der Waals surface area contributed by atoms with Crippen LogP contribution in [0.5, 0.6) is 5.75 Å². The van der Waals surface area contributed by atoms with Gasteiger partial charge in [-0.3, -0.25) is 14.9 Å². The maximum atomic E-state index is 12.3. The number of quaternary nitrogens is 1. The summed E-state index contributed by atoms with van der Waals surface area (Å²) >= 11 is 5.88. The number of nitro benzene ring substituents is 1. The van der Waals surface area contributed by atoms with E-state index in [0.29, 0.717) is 10.6 Å². The molecule has 3 rings (SSSR count). The van der Waals surface area contributed by atoms with Gasteiger partial charge in [-0.05, 0) is 30.3 Å². The molecule has 0 spiro atoms. The third-order valence-corrected chi connectivity index (χ3v) is 5.27. The van der Waals surface area contributed by atoms with Crippen molar-refractivity contribution < 1.29 is 19.7 Å². The fourth-order valence-corrected chi connectivity index (χ4v) is 3.56. The van der Waals surface area contributed by atoms with Crippen LogP contribution in [0.3, 0.4) is 0 Å². The molecule has 1 heterocycles. The third-order valence-electron chi connectivity index (χ3n) is 5.03. The van der Waals surface area contributed by atoms with Gasteiger partial charge in [-0.2, -0.15) is 5.10 Å². The molecule has 0 radical (unpaired) electrons. The van der Waals surface area contributed by atoms with Crippen LogP contribution in [0.4, 0.5) is 5.69 Å². The zero-order valence-electron chi connectivity index (χ0n) is 15.7. The van der Waals surface area contributed by atoms with Crippen molar-refractivity contribution in [2.24, 2.45) is 11.0 Å². The summed E-state index contributed by atoms with van der Waals surface area (Å²) in [7, 11) is 0. The molecule has 9 heteroatoms. The van der Waals surface area contributed by atoms with E-state index in [-0.39, 0.29) is 23.3 Å². The molecular weight excluding hydrogens is 396 g/mol. The largest absolute Gasteiger partial charge is 0.507 e. The zero-order chi connectivity index (χ0) is 20.8. The SMILES string of the molecule is O=C(N/N=C/c1cc(Cl)ccc1O)C1CC[NH+](Cc2ccc([N+](=O)[O-])cc2)CC1. The Hall–Kier alpha value is -2.97. The van der Waals surface area contributed by atoms with Gasteiger partial charge in [0.25, 0.3) is 5.69 Å². The Kier molecular flexibility index (Phi) is 6.79. The van der Waals surface area contributed by atoms with E-state index in [4.69, 9.17) is 11.6 Å². The number of amides is 1. The lowest BCUT2D eigenvalue weighted by Gasteiger charge is -2.28. The van der Waals surface area contributed by atoms with Crippen LogP contribution in [0.15, 0.2) is 47.6 Å². The lowest BCUT2D eigenvalue weighted by atomic mass is 9.96. The molecule has 0 unspecified atom stereocenters. The van der Waals surface area contributed by atoms with Gasteiger partial charge in [0.1, 0.15) is 12.3 Å². The molecule has 2 aromatic carbocycles. The van der Waals surface area contributed by atoms with Crippen molar-refractivity contribution in [1.82, 2.24) is 5.43 Å². The number of nitro groups is 1. The number of carbonyl (C=O) groups excluding carboxylic acids is 1. The van der Waals surface area contributed by atoms with Crippen LogP contribution >= 0.6 is 11.6 Å². The first kappa shape index (κ1) is 20.8. The van der Waals surface area contributed by atoms with E-state index < -0.39 is 4.92 Å². The van der Waals surface area contributed by atoms with Crippen molar-refractivity contribution >= 4 is 29.4 Å². The van der Waals surface area contributed by atoms with Crippen molar-refractivity contribution in [1.29, 1.82) is 0 Å². The maximum Gasteiger partial charge on any atom is 0.269 e. The number of carbonyl (C=O) groups is 1.